The fraction of sp³-hybridized carbons (Fsp3) is 0.351. The predicted molar refractivity (Wildman–Crippen MR) is 181 cm³/mol. The molecule has 8 rings (SSSR count). The Labute approximate surface area is 288 Å². The molecule has 0 radical (unpaired) electrons. The third-order valence-electron chi connectivity index (χ3n) is 10.3. The summed E-state index contributed by atoms with van der Waals surface area (Å²) >= 11 is 0. The number of aliphatic hydroxyl groups is 1. The molecule has 4 aromatic rings. The molecule has 5 heterocycles. The Morgan fingerprint density at radius 2 is 1.72 bits per heavy atom. The lowest BCUT2D eigenvalue weighted by molar-refractivity contribution is -0.139. The molecule has 256 valence electrons. The van der Waals surface area contributed by atoms with Crippen LogP contribution in [0.15, 0.2) is 72.3 Å². The largest absolute Gasteiger partial charge is 0.492 e. The summed E-state index contributed by atoms with van der Waals surface area (Å²) in [7, 11) is 0. The van der Waals surface area contributed by atoms with E-state index in [9.17, 15) is 24.7 Å². The molecule has 4 aliphatic rings. The minimum Gasteiger partial charge on any atom is -0.492 e. The molecule has 3 aliphatic heterocycles. The van der Waals surface area contributed by atoms with Crippen LogP contribution in [0.1, 0.15) is 71.4 Å². The number of carbonyl (C=O) groups excluding carboxylic acids is 3. The quantitative estimate of drug-likeness (QED) is 0.144. The van der Waals surface area contributed by atoms with Crippen molar-refractivity contribution in [2.45, 2.75) is 56.8 Å². The molecule has 0 spiro atoms. The highest BCUT2D eigenvalue weighted by Crippen LogP contribution is 2.38. The summed E-state index contributed by atoms with van der Waals surface area (Å²) in [5.41, 5.74) is 7.70. The zero-order valence-electron chi connectivity index (χ0n) is 27.4. The molecule has 3 amide bonds. The summed E-state index contributed by atoms with van der Waals surface area (Å²) in [5, 5.41) is 31.1. The first-order chi connectivity index (χ1) is 24.4. The third kappa shape index (κ3) is 5.81. The van der Waals surface area contributed by atoms with Crippen molar-refractivity contribution in [3.63, 3.8) is 0 Å². The van der Waals surface area contributed by atoms with Crippen molar-refractivity contribution >= 4 is 23.4 Å². The maximum atomic E-state index is 13.2. The number of aliphatic hydroxyl groups excluding tert-OH is 1. The van der Waals surface area contributed by atoms with Crippen molar-refractivity contribution in [2.75, 3.05) is 26.2 Å². The maximum Gasteiger partial charge on any atom is 0.257 e. The van der Waals surface area contributed by atoms with Gasteiger partial charge in [0, 0.05) is 66.9 Å². The molecular weight excluding hydrogens is 638 g/mol. The van der Waals surface area contributed by atoms with E-state index in [0.717, 1.165) is 77.3 Å². The van der Waals surface area contributed by atoms with Gasteiger partial charge in [-0.2, -0.15) is 5.10 Å². The summed E-state index contributed by atoms with van der Waals surface area (Å²) in [4.78, 5) is 44.9. The Hall–Kier alpha value is -5.40. The van der Waals surface area contributed by atoms with Crippen LogP contribution < -0.4 is 10.1 Å². The van der Waals surface area contributed by atoms with Crippen molar-refractivity contribution < 1.29 is 29.4 Å². The van der Waals surface area contributed by atoms with E-state index in [1.807, 2.05) is 18.2 Å². The van der Waals surface area contributed by atoms with E-state index in [0.29, 0.717) is 30.0 Å². The number of pyridine rings is 1. The monoisotopic (exact) mass is 675 g/mol. The molecule has 2 atom stereocenters. The number of ether oxygens (including phenoxy) is 1. The second-order valence-corrected chi connectivity index (χ2v) is 13.2. The molecule has 2 aromatic heterocycles. The topological polar surface area (TPSA) is 162 Å². The molecule has 2 unspecified atom stereocenters. The van der Waals surface area contributed by atoms with E-state index in [2.05, 4.69) is 43.4 Å². The molecule has 13 nitrogen and oxygen atoms in total. The van der Waals surface area contributed by atoms with Gasteiger partial charge >= 0.3 is 0 Å². The second kappa shape index (κ2) is 13.1. The van der Waals surface area contributed by atoms with Gasteiger partial charge in [-0.1, -0.05) is 29.4 Å². The molecule has 0 saturated carbocycles. The summed E-state index contributed by atoms with van der Waals surface area (Å²) in [5.74, 6) is -0.888. The normalized spacial score (nSPS) is 21.8. The Bertz CT molecular complexity index is 2000. The van der Waals surface area contributed by atoms with E-state index in [1.165, 1.54) is 5.56 Å². The van der Waals surface area contributed by atoms with Crippen LogP contribution in [0.4, 0.5) is 0 Å². The molecule has 0 bridgehead atoms. The van der Waals surface area contributed by atoms with Gasteiger partial charge in [0.15, 0.2) is 6.23 Å². The van der Waals surface area contributed by atoms with Crippen molar-refractivity contribution in [3.05, 3.63) is 89.4 Å². The van der Waals surface area contributed by atoms with E-state index in [1.54, 1.807) is 30.6 Å². The number of nitrogens with one attached hydrogen (secondary N) is 1. The van der Waals surface area contributed by atoms with E-state index < -0.39 is 24.1 Å². The van der Waals surface area contributed by atoms with E-state index in [4.69, 9.17) is 9.84 Å². The van der Waals surface area contributed by atoms with Gasteiger partial charge in [-0.3, -0.25) is 39.2 Å². The number of imide groups is 1. The smallest absolute Gasteiger partial charge is 0.257 e. The number of fused-ring (bicyclic) bond motifs is 2. The van der Waals surface area contributed by atoms with Crippen molar-refractivity contribution in [1.29, 1.82) is 0 Å². The predicted octanol–water partition coefficient (Wildman–Crippen LogP) is 3.70. The number of likely N-dealkylation sites (tertiary alicyclic amines) is 1. The highest BCUT2D eigenvalue weighted by atomic mass is 16.5. The van der Waals surface area contributed by atoms with Gasteiger partial charge in [-0.15, -0.1) is 0 Å². The summed E-state index contributed by atoms with van der Waals surface area (Å²) in [6, 6.07) is 14.6. The lowest BCUT2D eigenvalue weighted by Crippen LogP contribution is -2.53. The van der Waals surface area contributed by atoms with Crippen LogP contribution in [0.2, 0.25) is 0 Å². The number of piperidine rings is 2. The van der Waals surface area contributed by atoms with Gasteiger partial charge in [0.2, 0.25) is 11.8 Å². The maximum absolute atomic E-state index is 13.2. The zero-order valence-corrected chi connectivity index (χ0v) is 27.4. The van der Waals surface area contributed by atoms with Crippen LogP contribution in [-0.4, -0.2) is 90.6 Å². The van der Waals surface area contributed by atoms with Crippen LogP contribution in [0.25, 0.3) is 22.4 Å². The minimum absolute atomic E-state index is 0.115. The Morgan fingerprint density at radius 3 is 2.50 bits per heavy atom. The second-order valence-electron chi connectivity index (χ2n) is 13.2. The first-order valence-electron chi connectivity index (χ1n) is 17.1. The van der Waals surface area contributed by atoms with E-state index in [-0.39, 0.29) is 24.8 Å². The van der Waals surface area contributed by atoms with Crippen LogP contribution >= 0.6 is 0 Å². The van der Waals surface area contributed by atoms with Crippen molar-refractivity contribution in [2.24, 2.45) is 5.16 Å². The molecule has 2 saturated heterocycles. The molecule has 50 heavy (non-hydrogen) atoms. The van der Waals surface area contributed by atoms with Gasteiger partial charge < -0.3 is 15.1 Å². The molecule has 2 aromatic carbocycles. The number of rotatable bonds is 8. The van der Waals surface area contributed by atoms with E-state index >= 15 is 0 Å². The molecule has 1 aliphatic carbocycles. The van der Waals surface area contributed by atoms with Gasteiger partial charge in [0.1, 0.15) is 24.1 Å². The highest BCUT2D eigenvalue weighted by molar-refractivity contribution is 6.06. The fourth-order valence-electron chi connectivity index (χ4n) is 7.65. The number of benzene rings is 2. The molecular formula is C37H37N7O6. The first-order valence-corrected chi connectivity index (χ1v) is 17.1. The van der Waals surface area contributed by atoms with Gasteiger partial charge in [-0.25, -0.2) is 0 Å². The number of oxime groups is 1. The average Bonchev–Trinajstić information content (AvgIpc) is 3.83. The number of amides is 3. The average molecular weight is 676 g/mol. The van der Waals surface area contributed by atoms with Crippen LogP contribution in [-0.2, 0) is 16.0 Å². The third-order valence-corrected chi connectivity index (χ3v) is 10.3. The Kier molecular flexibility index (Phi) is 8.37. The Morgan fingerprint density at radius 1 is 0.900 bits per heavy atom. The lowest BCUT2D eigenvalue weighted by Gasteiger charge is -2.31. The van der Waals surface area contributed by atoms with Gasteiger partial charge in [-0.05, 0) is 67.5 Å². The number of aryl methyl sites for hydroxylation is 1. The molecule has 2 fully saturated rings. The zero-order chi connectivity index (χ0) is 34.4. The van der Waals surface area contributed by atoms with Crippen molar-refractivity contribution in [1.82, 2.24) is 29.9 Å². The lowest BCUT2D eigenvalue weighted by atomic mass is 9.98. The van der Waals surface area contributed by atoms with Crippen LogP contribution in [0.5, 0.6) is 5.75 Å². The number of carbonyl (C=O) groups is 3. The standard InChI is InChI=1S/C37H37N7O6/c45-33-8-7-32(35(46)39-33)44-36(47)28-5-3-26(20-29(28)37(44)48)50-18-17-42-15-11-25(12-16-42)43-21-30(34(40-43)22-9-13-38-14-10-22)24-1-4-27-23(19-24)2-6-31(27)41-49/h1,3-5,9-10,13-14,19-21,25,32,36,47,49H,2,6-8,11-12,15-18H2,(H,39,45,46)/b41-31+. The van der Waals surface area contributed by atoms with Crippen LogP contribution in [0.3, 0.4) is 0 Å². The number of nitrogens with zero attached hydrogens (tertiary/aromatic N) is 6. The van der Waals surface area contributed by atoms with Crippen LogP contribution in [0, 0.1) is 0 Å². The SMILES string of the molecule is O=C1CCC(N2C(=O)c3cc(OCCN4CCC(n5cc(-c6ccc7c(c6)CC/C7=N\O)c(-c6ccncc6)n5)CC4)ccc3C2O)C(=O)N1. The van der Waals surface area contributed by atoms with Crippen molar-refractivity contribution in [3.8, 4) is 28.1 Å². The Balaban J connectivity index is 0.900. The summed E-state index contributed by atoms with van der Waals surface area (Å²) < 4.78 is 8.16. The number of hydrogen-bond donors (Lipinski definition) is 3. The number of hydrogen-bond acceptors (Lipinski definition) is 10. The minimum atomic E-state index is -1.26. The van der Waals surface area contributed by atoms with Gasteiger partial charge in [0.05, 0.1) is 17.3 Å². The number of aromatic nitrogens is 3. The first kappa shape index (κ1) is 31.8. The summed E-state index contributed by atoms with van der Waals surface area (Å²) in [6.07, 6.45) is 8.19. The molecule has 13 heteroatoms. The van der Waals surface area contributed by atoms with Gasteiger partial charge in [0.25, 0.3) is 5.91 Å². The molecule has 3 N–H and O–H groups in total. The highest BCUT2D eigenvalue weighted by Gasteiger charge is 2.44. The summed E-state index contributed by atoms with van der Waals surface area (Å²) in [6.45, 7) is 2.90. The fourth-order valence-corrected chi connectivity index (χ4v) is 7.65.